The first kappa shape index (κ1) is 102. The van der Waals surface area contributed by atoms with Gasteiger partial charge in [-0.2, -0.15) is 4.31 Å². The van der Waals surface area contributed by atoms with Gasteiger partial charge in [0.2, 0.25) is 27.7 Å². The summed E-state index contributed by atoms with van der Waals surface area (Å²) in [4.78, 5) is 71.9. The number of Topliss-reactive ketones (excluding diaryl/α,β-unsaturated/α-hetero) is 1. The average Bonchev–Trinajstić information content (AvgIpc) is 0.924. The molecule has 1 saturated carbocycles. The lowest BCUT2D eigenvalue weighted by atomic mass is 9.94. The normalized spacial score (nSPS) is 20.6. The van der Waals surface area contributed by atoms with Crippen molar-refractivity contribution in [3.63, 3.8) is 0 Å². The van der Waals surface area contributed by atoms with Gasteiger partial charge in [0.1, 0.15) is 11.6 Å². The zero-order valence-corrected chi connectivity index (χ0v) is 74.1. The zero-order valence-electron chi connectivity index (χ0n) is 71.7. The van der Waals surface area contributed by atoms with Crippen LogP contribution in [0.2, 0.25) is 0 Å². The lowest BCUT2D eigenvalue weighted by molar-refractivity contribution is -0.379. The van der Waals surface area contributed by atoms with E-state index in [9.17, 15) is 41.3 Å². The number of rotatable bonds is 14. The van der Waals surface area contributed by atoms with Crippen LogP contribution in [0.5, 0.6) is 0 Å². The highest BCUT2D eigenvalue weighted by Crippen LogP contribution is 2.24. The summed E-state index contributed by atoms with van der Waals surface area (Å²) in [5.41, 5.74) is 10.6. The van der Waals surface area contributed by atoms with Crippen molar-refractivity contribution in [2.45, 2.75) is 96.7 Å². The molecule has 10 heterocycles. The molecule has 15 rings (SSSR count). The second-order valence-electron chi connectivity index (χ2n) is 31.3. The number of carbonyl (C=O) groups excluding carboxylic acids is 4. The van der Waals surface area contributed by atoms with Crippen molar-refractivity contribution in [2.75, 3.05) is 283 Å². The molecular formula is C84H145BrF2N22O8S. The maximum atomic E-state index is 13.3. The number of nitrogens with zero attached hydrogens (tertiary/aromatic N) is 9. The van der Waals surface area contributed by atoms with Gasteiger partial charge in [0.05, 0.1) is 30.6 Å². The molecule has 0 bridgehead atoms. The third-order valence-electron chi connectivity index (χ3n) is 21.6. The van der Waals surface area contributed by atoms with E-state index in [-0.39, 0.29) is 41.1 Å². The number of hydrogen-bond acceptors (Lipinski definition) is 25. The Morgan fingerprint density at radius 1 is 0.525 bits per heavy atom. The van der Waals surface area contributed by atoms with Crippen molar-refractivity contribution in [3.8, 4) is 0 Å². The molecule has 11 fully saturated rings. The number of ketones is 1. The van der Waals surface area contributed by atoms with Gasteiger partial charge in [-0.1, -0.05) is 49.0 Å². The van der Waals surface area contributed by atoms with E-state index in [0.29, 0.717) is 31.0 Å². The largest absolute Gasteiger partial charge is 0.870 e. The molecule has 30 nitrogen and oxygen atoms in total. The van der Waals surface area contributed by atoms with Gasteiger partial charge in [-0.15, -0.1) is 0 Å². The highest BCUT2D eigenvalue weighted by Gasteiger charge is 2.25. The Morgan fingerprint density at radius 3 is 1.29 bits per heavy atom. The van der Waals surface area contributed by atoms with Crippen LogP contribution in [-0.2, 0) is 24.4 Å². The van der Waals surface area contributed by atoms with E-state index in [1.807, 2.05) is 58.6 Å². The van der Waals surface area contributed by atoms with Crippen molar-refractivity contribution in [2.24, 2.45) is 11.7 Å². The average molecular weight is 1740 g/mol. The van der Waals surface area contributed by atoms with Crippen molar-refractivity contribution in [3.05, 3.63) is 118 Å². The number of nitroso groups, excluding NO2 is 1. The van der Waals surface area contributed by atoms with Crippen LogP contribution in [0.15, 0.2) is 95.5 Å². The van der Waals surface area contributed by atoms with Crippen LogP contribution in [0.1, 0.15) is 88.9 Å². The molecule has 11 aliphatic rings. The molecule has 0 radical (unpaired) electrons. The molecule has 2 unspecified atom stereocenters. The lowest BCUT2D eigenvalue weighted by Gasteiger charge is -2.36. The number of sulfonamides is 1. The van der Waals surface area contributed by atoms with Gasteiger partial charge in [-0.3, -0.25) is 29.0 Å². The van der Waals surface area contributed by atoms with Crippen molar-refractivity contribution in [1.29, 1.82) is 0 Å². The summed E-state index contributed by atoms with van der Waals surface area (Å²) >= 11 is 3.44. The molecule has 4 aromatic carbocycles. The molecule has 10 saturated heterocycles. The number of anilines is 4. The quantitative estimate of drug-likeness (QED) is 0.0805. The Kier molecular flexibility index (Phi) is 51.2. The summed E-state index contributed by atoms with van der Waals surface area (Å²) < 4.78 is 50.4. The summed E-state index contributed by atoms with van der Waals surface area (Å²) in [6.07, 6.45) is 12.7. The number of nitrogens with two attached hydrogens (primary N) is 1. The molecule has 0 aromatic heterocycles. The van der Waals surface area contributed by atoms with Gasteiger partial charge in [-0.25, -0.2) is 17.2 Å². The van der Waals surface area contributed by atoms with E-state index in [2.05, 4.69) is 142 Å². The summed E-state index contributed by atoms with van der Waals surface area (Å²) in [5.74, 6) is 0.0279. The number of hydrogen-bond donors (Lipinski definition) is 13. The Balaban J connectivity index is 0.000000234. The first-order valence-corrected chi connectivity index (χ1v) is 45.4. The van der Waals surface area contributed by atoms with Crippen LogP contribution in [-0.4, -0.2) is 342 Å². The molecule has 118 heavy (non-hydrogen) atoms. The van der Waals surface area contributed by atoms with E-state index in [4.69, 9.17) is 5.73 Å². The summed E-state index contributed by atoms with van der Waals surface area (Å²) in [7, 11) is 2.33. The Morgan fingerprint density at radius 2 is 0.924 bits per heavy atom. The predicted molar refractivity (Wildman–Crippen MR) is 478 cm³/mol. The molecule has 3 amide bonds. The first-order chi connectivity index (χ1) is 56.5. The molecule has 2 atom stereocenters. The number of nitrogens with one attached hydrogen (secondary N) is 12. The second kappa shape index (κ2) is 59.2. The molecule has 15 N–H and O–H groups in total. The SMILES string of the molecule is Brc1ccc(N2CCNCC2)cc1.C1CCC(N2CCNCC2)CC1.CC(=O)c1ccc(N2CCNCC2)cc1.CC(C)CN1CCNCC1.CN(C)C(=O)C1CCCN1.CNC(=O)CN1CCNCC1.CS(=O)(=O)N1CCNCC1.Fc1ccc(N2CCNCC2)c(F)c1.NC(=O)C1CCCN1.O=[NH+]c1ccc(N2CCNCC2)cc1.[OH-]. The van der Waals surface area contributed by atoms with Crippen LogP contribution in [0.3, 0.4) is 0 Å². The van der Waals surface area contributed by atoms with Gasteiger partial charge >= 0.3 is 0 Å². The molecule has 1 aliphatic carbocycles. The number of carbonyl (C=O) groups is 4. The van der Waals surface area contributed by atoms with Crippen molar-refractivity contribution in [1.82, 2.24) is 82.4 Å². The summed E-state index contributed by atoms with van der Waals surface area (Å²) in [5, 5.41) is 36.8. The maximum Gasteiger partial charge on any atom is 0.253 e. The van der Waals surface area contributed by atoms with Crippen LogP contribution in [0, 0.1) is 22.5 Å². The number of benzene rings is 4. The third kappa shape index (κ3) is 41.3. The number of halogens is 3. The lowest BCUT2D eigenvalue weighted by Crippen LogP contribution is -2.55. The second-order valence-corrected chi connectivity index (χ2v) is 34.2. The first-order valence-electron chi connectivity index (χ1n) is 42.8. The van der Waals surface area contributed by atoms with Gasteiger partial charge in [0.25, 0.3) is 5.69 Å². The third-order valence-corrected chi connectivity index (χ3v) is 23.4. The highest BCUT2D eigenvalue weighted by molar-refractivity contribution is 9.10. The van der Waals surface area contributed by atoms with Crippen LogP contribution < -0.4 is 89.0 Å². The fourth-order valence-electron chi connectivity index (χ4n) is 14.9. The minimum absolute atomic E-state index is 0. The molecule has 0 spiro atoms. The van der Waals surface area contributed by atoms with E-state index in [0.717, 1.165) is 211 Å². The number of likely N-dealkylation sites (N-methyl/N-ethyl adjacent to an activating group) is 2. The van der Waals surface area contributed by atoms with Crippen LogP contribution in [0.25, 0.3) is 0 Å². The maximum absolute atomic E-state index is 13.3. The number of primary amides is 1. The van der Waals surface area contributed by atoms with Gasteiger partial charge in [-0.05, 0) is 137 Å². The monoisotopic (exact) mass is 1740 g/mol. The van der Waals surface area contributed by atoms with Crippen molar-refractivity contribution < 1.29 is 47.0 Å². The van der Waals surface area contributed by atoms with E-state index >= 15 is 0 Å². The number of piperazine rings is 8. The summed E-state index contributed by atoms with van der Waals surface area (Å²) in [6.45, 7) is 42.3. The molecule has 4 aromatic rings. The van der Waals surface area contributed by atoms with Gasteiger partial charge < -0.3 is 99.1 Å². The zero-order chi connectivity index (χ0) is 84.4. The molecule has 666 valence electrons. The van der Waals surface area contributed by atoms with Gasteiger partial charge in [0.15, 0.2) is 5.78 Å². The fourth-order valence-corrected chi connectivity index (χ4v) is 16.0. The Labute approximate surface area is 711 Å². The minimum Gasteiger partial charge on any atom is -0.870 e. The molecule has 34 heteroatoms. The van der Waals surface area contributed by atoms with Crippen LogP contribution >= 0.6 is 15.9 Å². The Hall–Kier alpha value is -6.55. The predicted octanol–water partition coefficient (Wildman–Crippen LogP) is 2.24. The fraction of sp³-hybridized carbons (Fsp3) is 0.667. The topological polar surface area (TPSA) is 351 Å². The van der Waals surface area contributed by atoms with Crippen molar-refractivity contribution >= 4 is 77.9 Å². The highest BCUT2D eigenvalue weighted by atomic mass is 79.9. The van der Waals surface area contributed by atoms with E-state index < -0.39 is 21.7 Å². The molecular weight excluding hydrogens is 1600 g/mol. The smallest absolute Gasteiger partial charge is 0.253 e. The van der Waals surface area contributed by atoms with E-state index in [1.165, 1.54) is 131 Å². The minimum atomic E-state index is -2.93. The Bertz CT molecular complexity index is 3460. The summed E-state index contributed by atoms with van der Waals surface area (Å²) in [6, 6.07) is 28.6. The molecule has 10 aliphatic heterocycles. The standard InChI is InChI=1S/C12H16N2O.C10H13BrN2.C10H12F2N2.C10H13N3O.C10H20N2.C8H18N2.C7H15N3O.C7H14N2O.C5H12N2O2S.C5H10N2O.H2O/c1-10(15)11-2-4-12(5-3-11)14-8-6-13-7-9-14;11-9-1-3-10(4-2-9)13-7-5-12-6-8-13;11-8-1-2-10(9(12)7-8)14-5-3-13-4-6-14;14-12-9-1-3-10(4-2-9)13-7-5-11-6-8-13;1-2-4-10(5-3-1)12-8-6-11-7-9-12;1-8(2)7-10-5-3-9-4-6-10;1-8-7(11)6-10-4-2-9-3-5-10;1-9(2)7(10)6-4-3-5-8-6;1-10(8,9)7-4-2-6-3-5-7;6-5(8)4-2-1-3-7-4;/h2-5,13H,6-9H2,1H3;1-4,12H,5-8H2;1-2,7,13H,3-6H2;1-4,11H,5-8H2;10-11H,1-9H2;8-9H,3-7H2,1-2H3;9H,2-6H2,1H3,(H,8,11);6,8H,3-5H2,1-2H3;6H,2-5H2,1H3;4,7H,1-3H2,(H2,6,8);1H2. The van der Waals surface area contributed by atoms with E-state index in [1.54, 1.807) is 33.0 Å². The number of amides is 3. The van der Waals surface area contributed by atoms with Crippen LogP contribution in [0.4, 0.5) is 37.2 Å². The van der Waals surface area contributed by atoms with Gasteiger partial charge in [0, 0.05) is 299 Å².